The van der Waals surface area contributed by atoms with E-state index in [0.717, 1.165) is 6.42 Å². The van der Waals surface area contributed by atoms with Crippen molar-refractivity contribution in [1.29, 1.82) is 0 Å². The Labute approximate surface area is 81.9 Å². The van der Waals surface area contributed by atoms with Gasteiger partial charge in [-0.1, -0.05) is 27.2 Å². The van der Waals surface area contributed by atoms with Gasteiger partial charge in [0.2, 0.25) is 0 Å². The number of hydrogen-bond acceptors (Lipinski definition) is 2. The summed E-state index contributed by atoms with van der Waals surface area (Å²) in [5, 5.41) is 9.75. The van der Waals surface area contributed by atoms with E-state index < -0.39 is 0 Å². The molecule has 0 aromatic carbocycles. The van der Waals surface area contributed by atoms with Gasteiger partial charge in [-0.15, -0.1) is 0 Å². The predicted octanol–water partition coefficient (Wildman–Crippen LogP) is 2.23. The van der Waals surface area contributed by atoms with Crippen molar-refractivity contribution >= 4 is 0 Å². The zero-order valence-corrected chi connectivity index (χ0v) is 9.38. The molecule has 2 atom stereocenters. The van der Waals surface area contributed by atoms with Crippen molar-refractivity contribution in [1.82, 2.24) is 4.90 Å². The van der Waals surface area contributed by atoms with Crippen LogP contribution in [-0.2, 0) is 0 Å². The first-order valence-corrected chi connectivity index (χ1v) is 5.39. The highest BCUT2D eigenvalue weighted by molar-refractivity contribution is 4.91. The van der Waals surface area contributed by atoms with Gasteiger partial charge in [-0.2, -0.15) is 0 Å². The third kappa shape index (κ3) is 2.23. The lowest BCUT2D eigenvalue weighted by atomic mass is 9.86. The summed E-state index contributed by atoms with van der Waals surface area (Å²) in [6, 6.07) is 0.558. The Morgan fingerprint density at radius 3 is 2.54 bits per heavy atom. The molecule has 1 aliphatic carbocycles. The minimum absolute atomic E-state index is 0.262. The third-order valence-electron chi connectivity index (χ3n) is 3.53. The van der Waals surface area contributed by atoms with Crippen LogP contribution in [0.15, 0.2) is 0 Å². The van der Waals surface area contributed by atoms with Crippen LogP contribution in [-0.4, -0.2) is 29.3 Å². The van der Waals surface area contributed by atoms with E-state index in [1.165, 1.54) is 19.3 Å². The minimum atomic E-state index is -0.262. The molecule has 2 heteroatoms. The van der Waals surface area contributed by atoms with Gasteiger partial charge in [0.1, 0.15) is 6.23 Å². The molecule has 1 fully saturated rings. The standard InChI is InChI=1S/C11H23NO/c1-5-10(13)12(4)9-7-6-8-11(9,2)3/h9-10,13H,5-8H2,1-4H3. The van der Waals surface area contributed by atoms with E-state index in [2.05, 4.69) is 18.7 Å². The van der Waals surface area contributed by atoms with E-state index in [4.69, 9.17) is 0 Å². The molecule has 13 heavy (non-hydrogen) atoms. The van der Waals surface area contributed by atoms with Crippen LogP contribution in [0.3, 0.4) is 0 Å². The Bertz CT molecular complexity index is 167. The van der Waals surface area contributed by atoms with Crippen LogP contribution in [0.2, 0.25) is 0 Å². The van der Waals surface area contributed by atoms with Gasteiger partial charge in [-0.05, 0) is 31.7 Å². The van der Waals surface area contributed by atoms with Crippen LogP contribution < -0.4 is 0 Å². The fourth-order valence-corrected chi connectivity index (χ4v) is 2.56. The molecule has 1 aliphatic rings. The molecule has 1 rings (SSSR count). The van der Waals surface area contributed by atoms with Crippen molar-refractivity contribution in [3.05, 3.63) is 0 Å². The maximum absolute atomic E-state index is 9.75. The molecule has 0 radical (unpaired) electrons. The second kappa shape index (κ2) is 3.97. The third-order valence-corrected chi connectivity index (χ3v) is 3.53. The molecule has 1 saturated carbocycles. The van der Waals surface area contributed by atoms with Crippen molar-refractivity contribution < 1.29 is 5.11 Å². The van der Waals surface area contributed by atoms with E-state index in [0.29, 0.717) is 11.5 Å². The van der Waals surface area contributed by atoms with Crippen molar-refractivity contribution in [3.63, 3.8) is 0 Å². The molecular weight excluding hydrogens is 162 g/mol. The van der Waals surface area contributed by atoms with Gasteiger partial charge < -0.3 is 5.11 Å². The average Bonchev–Trinajstić information content (AvgIpc) is 2.42. The van der Waals surface area contributed by atoms with Gasteiger partial charge in [-0.3, -0.25) is 4.90 Å². The smallest absolute Gasteiger partial charge is 0.107 e. The van der Waals surface area contributed by atoms with Crippen molar-refractivity contribution in [3.8, 4) is 0 Å². The van der Waals surface area contributed by atoms with Gasteiger partial charge in [-0.25, -0.2) is 0 Å². The largest absolute Gasteiger partial charge is 0.378 e. The number of aliphatic hydroxyl groups excluding tert-OH is 1. The Morgan fingerprint density at radius 2 is 2.15 bits per heavy atom. The summed E-state index contributed by atoms with van der Waals surface area (Å²) in [5.74, 6) is 0. The molecule has 0 aromatic heterocycles. The molecular formula is C11H23NO. The molecule has 0 spiro atoms. The second-order valence-corrected chi connectivity index (χ2v) is 4.95. The number of rotatable bonds is 3. The minimum Gasteiger partial charge on any atom is -0.378 e. The summed E-state index contributed by atoms with van der Waals surface area (Å²) >= 11 is 0. The first-order chi connectivity index (χ1) is 5.99. The van der Waals surface area contributed by atoms with Crippen LogP contribution in [0.4, 0.5) is 0 Å². The Morgan fingerprint density at radius 1 is 1.54 bits per heavy atom. The highest BCUT2D eigenvalue weighted by atomic mass is 16.3. The molecule has 2 nitrogen and oxygen atoms in total. The lowest BCUT2D eigenvalue weighted by Gasteiger charge is -2.37. The fraction of sp³-hybridized carbons (Fsp3) is 1.00. The van der Waals surface area contributed by atoms with Crippen LogP contribution in [0.1, 0.15) is 46.5 Å². The van der Waals surface area contributed by atoms with Crippen LogP contribution in [0.5, 0.6) is 0 Å². The average molecular weight is 185 g/mol. The molecule has 0 amide bonds. The second-order valence-electron chi connectivity index (χ2n) is 4.95. The van der Waals surface area contributed by atoms with E-state index in [1.807, 2.05) is 14.0 Å². The maximum atomic E-state index is 9.75. The normalized spacial score (nSPS) is 29.5. The molecule has 0 aliphatic heterocycles. The van der Waals surface area contributed by atoms with Crippen molar-refractivity contribution in [2.45, 2.75) is 58.7 Å². The molecule has 0 saturated heterocycles. The first-order valence-electron chi connectivity index (χ1n) is 5.39. The summed E-state index contributed by atoms with van der Waals surface area (Å²) in [6.45, 7) is 6.65. The van der Waals surface area contributed by atoms with Gasteiger partial charge in [0.25, 0.3) is 0 Å². The van der Waals surface area contributed by atoms with Crippen LogP contribution in [0.25, 0.3) is 0 Å². The SMILES string of the molecule is CCC(O)N(C)C1CCCC1(C)C. The maximum Gasteiger partial charge on any atom is 0.107 e. The molecule has 0 bridgehead atoms. The summed E-state index contributed by atoms with van der Waals surface area (Å²) in [5.41, 5.74) is 0.380. The van der Waals surface area contributed by atoms with Gasteiger partial charge in [0.15, 0.2) is 0 Å². The zero-order chi connectivity index (χ0) is 10.1. The fourth-order valence-electron chi connectivity index (χ4n) is 2.56. The molecule has 0 aromatic rings. The summed E-state index contributed by atoms with van der Waals surface area (Å²) in [6.07, 6.45) is 4.39. The Hall–Kier alpha value is -0.0800. The number of aliphatic hydroxyl groups is 1. The van der Waals surface area contributed by atoms with Gasteiger partial charge >= 0.3 is 0 Å². The van der Waals surface area contributed by atoms with Gasteiger partial charge in [0.05, 0.1) is 0 Å². The van der Waals surface area contributed by atoms with Crippen LogP contribution in [0, 0.1) is 5.41 Å². The van der Waals surface area contributed by atoms with E-state index in [1.54, 1.807) is 0 Å². The summed E-state index contributed by atoms with van der Waals surface area (Å²) in [4.78, 5) is 2.15. The lowest BCUT2D eigenvalue weighted by Crippen LogP contribution is -2.45. The molecule has 0 heterocycles. The predicted molar refractivity (Wildman–Crippen MR) is 55.5 cm³/mol. The van der Waals surface area contributed by atoms with Gasteiger partial charge in [0, 0.05) is 6.04 Å². The zero-order valence-electron chi connectivity index (χ0n) is 9.38. The highest BCUT2D eigenvalue weighted by Gasteiger charge is 2.38. The summed E-state index contributed by atoms with van der Waals surface area (Å²) < 4.78 is 0. The summed E-state index contributed by atoms with van der Waals surface area (Å²) in [7, 11) is 2.05. The van der Waals surface area contributed by atoms with E-state index in [9.17, 15) is 5.11 Å². The lowest BCUT2D eigenvalue weighted by molar-refractivity contribution is -0.0326. The Kier molecular flexibility index (Phi) is 3.36. The quantitative estimate of drug-likeness (QED) is 0.682. The van der Waals surface area contributed by atoms with Crippen molar-refractivity contribution in [2.24, 2.45) is 5.41 Å². The number of hydrogen-bond donors (Lipinski definition) is 1. The highest BCUT2D eigenvalue weighted by Crippen LogP contribution is 2.40. The molecule has 1 N–H and O–H groups in total. The van der Waals surface area contributed by atoms with E-state index in [-0.39, 0.29) is 6.23 Å². The van der Waals surface area contributed by atoms with E-state index >= 15 is 0 Å². The van der Waals surface area contributed by atoms with Crippen molar-refractivity contribution in [2.75, 3.05) is 7.05 Å². The Balaban J connectivity index is 2.60. The first kappa shape index (κ1) is 11.0. The van der Waals surface area contributed by atoms with Crippen LogP contribution >= 0.6 is 0 Å². The molecule has 78 valence electrons. The molecule has 2 unspecified atom stereocenters. The monoisotopic (exact) mass is 185 g/mol. The number of nitrogens with zero attached hydrogens (tertiary/aromatic N) is 1. The topological polar surface area (TPSA) is 23.5 Å².